The Morgan fingerprint density at radius 1 is 1.24 bits per heavy atom. The second kappa shape index (κ2) is 6.38. The van der Waals surface area contributed by atoms with Crippen molar-refractivity contribution in [2.24, 2.45) is 0 Å². The third kappa shape index (κ3) is 3.31. The van der Waals surface area contributed by atoms with Gasteiger partial charge in [0.15, 0.2) is 21.3 Å². The van der Waals surface area contributed by atoms with Gasteiger partial charge in [0.05, 0.1) is 34.2 Å². The van der Waals surface area contributed by atoms with E-state index in [0.29, 0.717) is 46.2 Å². The van der Waals surface area contributed by atoms with Crippen molar-refractivity contribution in [3.05, 3.63) is 34.8 Å². The number of carbonyl (C=O) groups is 1. The van der Waals surface area contributed by atoms with Crippen LogP contribution in [0.25, 0.3) is 11.0 Å². The number of hydrogen-bond donors (Lipinski definition) is 1. The lowest BCUT2D eigenvalue weighted by molar-refractivity contribution is 0.102. The van der Waals surface area contributed by atoms with Gasteiger partial charge in [-0.1, -0.05) is 5.16 Å². The molecule has 0 unspecified atom stereocenters. The Hall–Kier alpha value is -2.75. The molecule has 1 amide bonds. The fourth-order valence-corrected chi connectivity index (χ4v) is 5.62. The summed E-state index contributed by atoms with van der Waals surface area (Å²) in [5, 5.41) is 11.8. The van der Waals surface area contributed by atoms with Crippen LogP contribution in [0.4, 0.5) is 5.82 Å². The Balaban J connectivity index is 1.62. The third-order valence-electron chi connectivity index (χ3n) is 5.52. The van der Waals surface area contributed by atoms with Gasteiger partial charge in [-0.25, -0.2) is 18.1 Å². The number of aryl methyl sites for hydroxylation is 2. The Kier molecular flexibility index (Phi) is 4.02. The first-order chi connectivity index (χ1) is 13.8. The molecule has 2 fully saturated rings. The number of aromatic nitrogens is 4. The largest absolute Gasteiger partial charge is 0.360 e. The molecule has 0 spiro atoms. The number of anilines is 1. The van der Waals surface area contributed by atoms with Gasteiger partial charge in [0, 0.05) is 17.7 Å². The van der Waals surface area contributed by atoms with Crippen molar-refractivity contribution in [3.63, 3.8) is 0 Å². The molecule has 1 aliphatic carbocycles. The minimum absolute atomic E-state index is 0.0539. The highest BCUT2D eigenvalue weighted by Gasteiger charge is 2.34. The summed E-state index contributed by atoms with van der Waals surface area (Å²) in [6, 6.07) is 3.22. The maximum Gasteiger partial charge on any atom is 0.257 e. The standard InChI is InChI=1S/C19H21N5O4S/c1-10-7-16(23-28-10)21-19(25)14-8-15(12-3-4-12)20-18-17(14)11(2)22-24(18)13-5-6-29(26,27)9-13/h7-8,12-13H,3-6,9H2,1-2H3,(H,21,23,25)/t13-/m0/s1. The van der Waals surface area contributed by atoms with Gasteiger partial charge in [0.2, 0.25) is 0 Å². The highest BCUT2D eigenvalue weighted by atomic mass is 32.2. The molecule has 0 aromatic carbocycles. The average Bonchev–Trinajstić information content (AvgIpc) is 3.24. The lowest BCUT2D eigenvalue weighted by atomic mass is 10.1. The van der Waals surface area contributed by atoms with E-state index in [1.54, 1.807) is 17.7 Å². The molecule has 10 heteroatoms. The molecule has 5 rings (SSSR count). The van der Waals surface area contributed by atoms with Gasteiger partial charge in [-0.05, 0) is 39.2 Å². The van der Waals surface area contributed by atoms with Crippen molar-refractivity contribution in [3.8, 4) is 0 Å². The maximum absolute atomic E-state index is 13.1. The molecule has 0 bridgehead atoms. The van der Waals surface area contributed by atoms with Crippen molar-refractivity contribution in [2.45, 2.75) is 45.1 Å². The molecule has 1 saturated carbocycles. The summed E-state index contributed by atoms with van der Waals surface area (Å²) in [5.74, 6) is 1.17. The van der Waals surface area contributed by atoms with E-state index < -0.39 is 9.84 Å². The van der Waals surface area contributed by atoms with Gasteiger partial charge in [0.1, 0.15) is 5.76 Å². The zero-order valence-corrected chi connectivity index (χ0v) is 17.0. The van der Waals surface area contributed by atoms with Crippen molar-refractivity contribution < 1.29 is 17.7 Å². The molecule has 9 nitrogen and oxygen atoms in total. The van der Waals surface area contributed by atoms with E-state index in [2.05, 4.69) is 15.6 Å². The van der Waals surface area contributed by atoms with Gasteiger partial charge in [-0.15, -0.1) is 0 Å². The molecular weight excluding hydrogens is 394 g/mol. The van der Waals surface area contributed by atoms with Gasteiger partial charge >= 0.3 is 0 Å². The van der Waals surface area contributed by atoms with Gasteiger partial charge in [-0.3, -0.25) is 4.79 Å². The van der Waals surface area contributed by atoms with Crippen LogP contribution in [0.2, 0.25) is 0 Å². The van der Waals surface area contributed by atoms with Crippen LogP contribution < -0.4 is 5.32 Å². The van der Waals surface area contributed by atoms with Crippen molar-refractivity contribution in [1.82, 2.24) is 19.9 Å². The summed E-state index contributed by atoms with van der Waals surface area (Å²) >= 11 is 0. The van der Waals surface area contributed by atoms with Gasteiger partial charge in [-0.2, -0.15) is 5.10 Å². The Morgan fingerprint density at radius 2 is 2.03 bits per heavy atom. The first-order valence-electron chi connectivity index (χ1n) is 9.65. The van der Waals surface area contributed by atoms with E-state index in [4.69, 9.17) is 9.51 Å². The van der Waals surface area contributed by atoms with Crippen molar-refractivity contribution in [2.75, 3.05) is 16.8 Å². The quantitative estimate of drug-likeness (QED) is 0.695. The van der Waals surface area contributed by atoms with Crippen LogP contribution in [0.5, 0.6) is 0 Å². The third-order valence-corrected chi connectivity index (χ3v) is 7.27. The number of fused-ring (bicyclic) bond motifs is 1. The van der Waals surface area contributed by atoms with Crippen LogP contribution in [-0.4, -0.2) is 45.8 Å². The molecule has 2 aliphatic rings. The second-order valence-electron chi connectivity index (χ2n) is 7.93. The number of amides is 1. The zero-order valence-electron chi connectivity index (χ0n) is 16.2. The van der Waals surface area contributed by atoms with Crippen molar-refractivity contribution >= 4 is 32.6 Å². The molecule has 152 valence electrons. The van der Waals surface area contributed by atoms with Crippen LogP contribution in [0, 0.1) is 13.8 Å². The van der Waals surface area contributed by atoms with E-state index in [1.165, 1.54) is 0 Å². The zero-order chi connectivity index (χ0) is 20.3. The summed E-state index contributed by atoms with van der Waals surface area (Å²) in [7, 11) is -3.07. The summed E-state index contributed by atoms with van der Waals surface area (Å²) < 4.78 is 30.7. The monoisotopic (exact) mass is 415 g/mol. The summed E-state index contributed by atoms with van der Waals surface area (Å²) in [5.41, 5.74) is 2.55. The highest BCUT2D eigenvalue weighted by molar-refractivity contribution is 7.91. The first kappa shape index (κ1) is 18.3. The molecule has 0 radical (unpaired) electrons. The molecule has 1 saturated heterocycles. The van der Waals surface area contributed by atoms with E-state index >= 15 is 0 Å². The van der Waals surface area contributed by atoms with Crippen LogP contribution in [0.1, 0.15) is 58.7 Å². The van der Waals surface area contributed by atoms with Gasteiger partial charge in [0.25, 0.3) is 5.91 Å². The summed E-state index contributed by atoms with van der Waals surface area (Å²) in [6.45, 7) is 3.57. The predicted molar refractivity (Wildman–Crippen MR) is 106 cm³/mol. The van der Waals surface area contributed by atoms with Gasteiger partial charge < -0.3 is 9.84 Å². The molecular formula is C19H21N5O4S. The first-order valence-corrected chi connectivity index (χ1v) is 11.5. The topological polar surface area (TPSA) is 120 Å². The second-order valence-corrected chi connectivity index (χ2v) is 10.2. The molecule has 1 aliphatic heterocycles. The van der Waals surface area contributed by atoms with Crippen molar-refractivity contribution in [1.29, 1.82) is 0 Å². The smallest absolute Gasteiger partial charge is 0.257 e. The number of nitrogens with zero attached hydrogens (tertiary/aromatic N) is 4. The molecule has 3 aromatic heterocycles. The maximum atomic E-state index is 13.1. The van der Waals surface area contributed by atoms with Crippen LogP contribution in [0.15, 0.2) is 16.7 Å². The summed E-state index contributed by atoms with van der Waals surface area (Å²) in [6.07, 6.45) is 2.58. The minimum Gasteiger partial charge on any atom is -0.360 e. The predicted octanol–water partition coefficient (Wildman–Crippen LogP) is 2.53. The summed E-state index contributed by atoms with van der Waals surface area (Å²) in [4.78, 5) is 17.9. The number of carbonyl (C=O) groups excluding carboxylic acids is 1. The number of hydrogen-bond acceptors (Lipinski definition) is 7. The van der Waals surface area contributed by atoms with Crippen LogP contribution >= 0.6 is 0 Å². The minimum atomic E-state index is -3.07. The van der Waals surface area contributed by atoms with E-state index in [-0.39, 0.29) is 23.5 Å². The molecule has 29 heavy (non-hydrogen) atoms. The van der Waals surface area contributed by atoms with E-state index in [1.807, 2.05) is 13.0 Å². The van der Waals surface area contributed by atoms with E-state index in [9.17, 15) is 13.2 Å². The fraction of sp³-hybridized carbons (Fsp3) is 0.474. The molecule has 4 heterocycles. The van der Waals surface area contributed by atoms with Crippen LogP contribution in [-0.2, 0) is 9.84 Å². The Bertz CT molecular complexity index is 1240. The number of pyridine rings is 1. The highest BCUT2D eigenvalue weighted by Crippen LogP contribution is 2.41. The Labute approximate surface area is 167 Å². The Morgan fingerprint density at radius 3 is 2.66 bits per heavy atom. The lowest BCUT2D eigenvalue weighted by Gasteiger charge is -2.11. The molecule has 3 aromatic rings. The van der Waals surface area contributed by atoms with E-state index in [0.717, 1.165) is 18.5 Å². The SMILES string of the molecule is Cc1cc(NC(=O)c2cc(C3CC3)nc3c2c(C)nn3[C@H]2CCS(=O)(=O)C2)no1. The lowest BCUT2D eigenvalue weighted by Crippen LogP contribution is -2.15. The average molecular weight is 415 g/mol. The molecule has 1 N–H and O–H groups in total. The fourth-order valence-electron chi connectivity index (χ4n) is 3.93. The number of sulfone groups is 1. The van der Waals surface area contributed by atoms with Crippen LogP contribution in [0.3, 0.4) is 0 Å². The normalized spacial score (nSPS) is 21.0. The number of nitrogens with one attached hydrogen (secondary N) is 1. The molecule has 1 atom stereocenters. The number of rotatable bonds is 4.